The summed E-state index contributed by atoms with van der Waals surface area (Å²) in [5.41, 5.74) is 1.45. The monoisotopic (exact) mass is 294 g/mol. The van der Waals surface area contributed by atoms with Crippen LogP contribution in [0.2, 0.25) is 0 Å². The minimum absolute atomic E-state index is 0. The number of hydrogen-bond donors (Lipinski definition) is 2. The van der Waals surface area contributed by atoms with E-state index in [1.807, 2.05) is 24.3 Å². The van der Waals surface area contributed by atoms with E-state index in [4.69, 9.17) is 0 Å². The predicted molar refractivity (Wildman–Crippen MR) is 76.1 cm³/mol. The van der Waals surface area contributed by atoms with Crippen LogP contribution >= 0.6 is 12.4 Å². The molecule has 1 amide bonds. The van der Waals surface area contributed by atoms with E-state index in [1.165, 1.54) is 11.0 Å². The summed E-state index contributed by atoms with van der Waals surface area (Å²) < 4.78 is 1.53. The Morgan fingerprint density at radius 3 is 2.95 bits per heavy atom. The van der Waals surface area contributed by atoms with Crippen molar-refractivity contribution in [3.05, 3.63) is 30.6 Å². The van der Waals surface area contributed by atoms with Gasteiger partial charge in [-0.2, -0.15) is 4.68 Å². The van der Waals surface area contributed by atoms with Gasteiger partial charge < -0.3 is 10.6 Å². The van der Waals surface area contributed by atoms with Gasteiger partial charge in [0.05, 0.1) is 17.4 Å². The molecule has 1 aromatic carbocycles. The van der Waals surface area contributed by atoms with E-state index in [0.29, 0.717) is 5.69 Å². The van der Waals surface area contributed by atoms with Crippen LogP contribution in [0.3, 0.4) is 0 Å². The van der Waals surface area contributed by atoms with Crippen molar-refractivity contribution in [1.29, 1.82) is 0 Å². The summed E-state index contributed by atoms with van der Waals surface area (Å²) in [5, 5.41) is 17.1. The predicted octanol–water partition coefficient (Wildman–Crippen LogP) is 0.775. The molecular weight excluding hydrogens is 280 g/mol. The number of carbonyl (C=O) groups is 1. The molecule has 3 rings (SSSR count). The number of para-hydroxylation sites is 2. The number of aromatic nitrogens is 4. The molecule has 1 aliphatic heterocycles. The van der Waals surface area contributed by atoms with Crippen LogP contribution in [0.4, 0.5) is 5.69 Å². The minimum atomic E-state index is -0.109. The molecular formula is C12H15ClN6O. The Morgan fingerprint density at radius 1 is 1.40 bits per heavy atom. The van der Waals surface area contributed by atoms with Crippen LogP contribution in [0.1, 0.15) is 12.8 Å². The molecule has 0 radical (unpaired) electrons. The molecule has 20 heavy (non-hydrogen) atoms. The van der Waals surface area contributed by atoms with Crippen molar-refractivity contribution in [2.45, 2.75) is 18.9 Å². The number of rotatable bonds is 3. The first-order chi connectivity index (χ1) is 9.34. The molecule has 1 saturated heterocycles. The number of benzene rings is 1. The number of nitrogens with one attached hydrogen (secondary N) is 2. The number of anilines is 1. The summed E-state index contributed by atoms with van der Waals surface area (Å²) in [4.78, 5) is 12.1. The third-order valence-corrected chi connectivity index (χ3v) is 3.13. The van der Waals surface area contributed by atoms with Gasteiger partial charge in [0.2, 0.25) is 5.91 Å². The summed E-state index contributed by atoms with van der Waals surface area (Å²) in [6.07, 6.45) is 3.41. The molecule has 1 fully saturated rings. The molecule has 0 bridgehead atoms. The average molecular weight is 295 g/mol. The molecule has 0 spiro atoms. The second kappa shape index (κ2) is 6.44. The quantitative estimate of drug-likeness (QED) is 0.873. The highest BCUT2D eigenvalue weighted by Gasteiger charge is 2.22. The zero-order chi connectivity index (χ0) is 13.1. The molecule has 2 aromatic rings. The molecule has 8 heteroatoms. The fraction of sp³-hybridized carbons (Fsp3) is 0.333. The van der Waals surface area contributed by atoms with Gasteiger partial charge >= 0.3 is 0 Å². The molecule has 0 saturated carbocycles. The number of halogens is 1. The Hall–Kier alpha value is -1.99. The maximum Gasteiger partial charge on any atom is 0.241 e. The van der Waals surface area contributed by atoms with Crippen LogP contribution < -0.4 is 10.6 Å². The summed E-state index contributed by atoms with van der Waals surface area (Å²) in [6, 6.07) is 7.33. The number of amides is 1. The first-order valence-electron chi connectivity index (χ1n) is 6.21. The van der Waals surface area contributed by atoms with Crippen molar-refractivity contribution in [3.8, 4) is 5.69 Å². The van der Waals surface area contributed by atoms with Crippen LogP contribution in [0.25, 0.3) is 5.69 Å². The summed E-state index contributed by atoms with van der Waals surface area (Å²) >= 11 is 0. The molecule has 1 aliphatic rings. The van der Waals surface area contributed by atoms with Crippen LogP contribution in [-0.2, 0) is 4.79 Å². The molecule has 2 heterocycles. The number of carbonyl (C=O) groups excluding carboxylic acids is 1. The first kappa shape index (κ1) is 14.4. The number of hydrogen-bond acceptors (Lipinski definition) is 5. The van der Waals surface area contributed by atoms with Crippen molar-refractivity contribution in [1.82, 2.24) is 25.5 Å². The van der Waals surface area contributed by atoms with E-state index in [2.05, 4.69) is 26.2 Å². The first-order valence-corrected chi connectivity index (χ1v) is 6.21. The van der Waals surface area contributed by atoms with Gasteiger partial charge in [0.15, 0.2) is 0 Å². The lowest BCUT2D eigenvalue weighted by molar-refractivity contribution is -0.117. The van der Waals surface area contributed by atoms with Crippen LogP contribution in [-0.4, -0.2) is 38.7 Å². The largest absolute Gasteiger partial charge is 0.323 e. The Morgan fingerprint density at radius 2 is 2.25 bits per heavy atom. The lowest BCUT2D eigenvalue weighted by Crippen LogP contribution is -2.35. The SMILES string of the molecule is Cl.O=C(Nc1ccccc1-n1cnnn1)C1CCCN1. The standard InChI is InChI=1S/C12H14N6O.ClH/c19-12(10-5-3-7-13-10)15-9-4-1-2-6-11(9)18-8-14-16-17-18;/h1-2,4,6,8,10,13H,3,5,7H2,(H,15,19);1H. The maximum absolute atomic E-state index is 12.1. The van der Waals surface area contributed by atoms with Crippen LogP contribution in [0.15, 0.2) is 30.6 Å². The van der Waals surface area contributed by atoms with Gasteiger partial charge in [-0.05, 0) is 41.9 Å². The second-order valence-corrected chi connectivity index (χ2v) is 4.41. The Kier molecular flexibility index (Phi) is 4.65. The fourth-order valence-electron chi connectivity index (χ4n) is 2.18. The Balaban J connectivity index is 0.00000147. The number of nitrogens with zero attached hydrogens (tertiary/aromatic N) is 4. The normalized spacial score (nSPS) is 17.5. The highest BCUT2D eigenvalue weighted by Crippen LogP contribution is 2.19. The van der Waals surface area contributed by atoms with Gasteiger partial charge in [-0.1, -0.05) is 12.1 Å². The summed E-state index contributed by atoms with van der Waals surface area (Å²) in [6.45, 7) is 0.896. The van der Waals surface area contributed by atoms with E-state index < -0.39 is 0 Å². The van der Waals surface area contributed by atoms with Crippen molar-refractivity contribution >= 4 is 24.0 Å². The molecule has 1 atom stereocenters. The third kappa shape index (κ3) is 2.94. The van der Waals surface area contributed by atoms with Crippen molar-refractivity contribution in [2.24, 2.45) is 0 Å². The molecule has 7 nitrogen and oxygen atoms in total. The average Bonchev–Trinajstić information content (AvgIpc) is 3.13. The number of tetrazole rings is 1. The zero-order valence-electron chi connectivity index (χ0n) is 10.7. The van der Waals surface area contributed by atoms with Gasteiger partial charge in [-0.25, -0.2) is 0 Å². The molecule has 0 aliphatic carbocycles. The second-order valence-electron chi connectivity index (χ2n) is 4.41. The Labute approximate surface area is 122 Å². The summed E-state index contributed by atoms with van der Waals surface area (Å²) in [7, 11) is 0. The smallest absolute Gasteiger partial charge is 0.241 e. The van der Waals surface area contributed by atoms with Crippen molar-refractivity contribution < 1.29 is 4.79 Å². The molecule has 2 N–H and O–H groups in total. The third-order valence-electron chi connectivity index (χ3n) is 3.13. The zero-order valence-corrected chi connectivity index (χ0v) is 11.5. The van der Waals surface area contributed by atoms with Crippen LogP contribution in [0, 0.1) is 0 Å². The Bertz CT molecular complexity index is 567. The van der Waals surface area contributed by atoms with E-state index in [9.17, 15) is 4.79 Å². The van der Waals surface area contributed by atoms with E-state index in [-0.39, 0.29) is 24.4 Å². The lowest BCUT2D eigenvalue weighted by atomic mass is 10.2. The lowest BCUT2D eigenvalue weighted by Gasteiger charge is -2.13. The minimum Gasteiger partial charge on any atom is -0.323 e. The fourth-order valence-corrected chi connectivity index (χ4v) is 2.18. The van der Waals surface area contributed by atoms with Gasteiger partial charge in [0.1, 0.15) is 6.33 Å². The van der Waals surface area contributed by atoms with Crippen molar-refractivity contribution in [3.63, 3.8) is 0 Å². The van der Waals surface area contributed by atoms with E-state index in [1.54, 1.807) is 0 Å². The van der Waals surface area contributed by atoms with E-state index in [0.717, 1.165) is 25.1 Å². The van der Waals surface area contributed by atoms with Crippen molar-refractivity contribution in [2.75, 3.05) is 11.9 Å². The molecule has 106 valence electrons. The molecule has 1 aromatic heterocycles. The molecule has 1 unspecified atom stereocenters. The summed E-state index contributed by atoms with van der Waals surface area (Å²) in [5.74, 6) is -0.0157. The maximum atomic E-state index is 12.1. The topological polar surface area (TPSA) is 84.7 Å². The highest BCUT2D eigenvalue weighted by atomic mass is 35.5. The van der Waals surface area contributed by atoms with Gasteiger partial charge in [-0.15, -0.1) is 17.5 Å². The van der Waals surface area contributed by atoms with Gasteiger partial charge in [0.25, 0.3) is 0 Å². The van der Waals surface area contributed by atoms with Gasteiger partial charge in [-0.3, -0.25) is 4.79 Å². The van der Waals surface area contributed by atoms with Crippen LogP contribution in [0.5, 0.6) is 0 Å². The van der Waals surface area contributed by atoms with E-state index >= 15 is 0 Å². The van der Waals surface area contributed by atoms with Gasteiger partial charge in [0, 0.05) is 0 Å². The highest BCUT2D eigenvalue weighted by molar-refractivity contribution is 5.96.